The van der Waals surface area contributed by atoms with Crippen LogP contribution in [0.5, 0.6) is 0 Å². The summed E-state index contributed by atoms with van der Waals surface area (Å²) < 4.78 is 13.7. The van der Waals surface area contributed by atoms with Crippen molar-refractivity contribution in [3.63, 3.8) is 0 Å². The molecule has 1 atom stereocenters. The standard InChI is InChI=1S/C12H15BrFN3/c1-7(2)17-11(6-16-12(17)15)8-3-4-10(14)9(13)5-8/h3-5,7,11H,6H2,1-2H3,(H2,15,16). The largest absolute Gasteiger partial charge is 0.370 e. The molecule has 0 amide bonds. The van der Waals surface area contributed by atoms with Gasteiger partial charge in [-0.05, 0) is 47.5 Å². The van der Waals surface area contributed by atoms with Crippen LogP contribution in [-0.2, 0) is 0 Å². The highest BCUT2D eigenvalue weighted by Crippen LogP contribution is 2.29. The smallest absolute Gasteiger partial charge is 0.192 e. The van der Waals surface area contributed by atoms with Gasteiger partial charge in [-0.15, -0.1) is 0 Å². The molecule has 0 bridgehead atoms. The number of nitrogens with two attached hydrogens (primary N) is 1. The fraction of sp³-hybridized carbons (Fsp3) is 0.417. The molecule has 0 spiro atoms. The third kappa shape index (κ3) is 2.29. The van der Waals surface area contributed by atoms with Gasteiger partial charge in [-0.2, -0.15) is 0 Å². The van der Waals surface area contributed by atoms with Crippen molar-refractivity contribution >= 4 is 21.9 Å². The molecular weight excluding hydrogens is 285 g/mol. The lowest BCUT2D eigenvalue weighted by Gasteiger charge is -2.30. The highest BCUT2D eigenvalue weighted by atomic mass is 79.9. The van der Waals surface area contributed by atoms with Gasteiger partial charge in [0.15, 0.2) is 5.96 Å². The molecular formula is C12H15BrFN3. The van der Waals surface area contributed by atoms with E-state index in [1.54, 1.807) is 12.1 Å². The number of hydrogen-bond acceptors (Lipinski definition) is 3. The first kappa shape index (κ1) is 12.4. The van der Waals surface area contributed by atoms with E-state index in [4.69, 9.17) is 5.73 Å². The Labute approximate surface area is 109 Å². The van der Waals surface area contributed by atoms with Crippen LogP contribution in [-0.4, -0.2) is 23.4 Å². The van der Waals surface area contributed by atoms with E-state index >= 15 is 0 Å². The van der Waals surface area contributed by atoms with E-state index in [0.717, 1.165) is 5.56 Å². The molecule has 3 nitrogen and oxygen atoms in total. The Morgan fingerprint density at radius 3 is 2.82 bits per heavy atom. The molecule has 1 aromatic carbocycles. The number of rotatable bonds is 2. The molecule has 0 radical (unpaired) electrons. The fourth-order valence-corrected chi connectivity index (χ4v) is 2.52. The van der Waals surface area contributed by atoms with Gasteiger partial charge in [-0.3, -0.25) is 4.99 Å². The number of aliphatic imine (C=N–C) groups is 1. The van der Waals surface area contributed by atoms with Gasteiger partial charge in [0.05, 0.1) is 17.1 Å². The van der Waals surface area contributed by atoms with Crippen LogP contribution in [0, 0.1) is 5.82 Å². The summed E-state index contributed by atoms with van der Waals surface area (Å²) in [6.07, 6.45) is 0. The Kier molecular flexibility index (Phi) is 3.38. The molecule has 0 aliphatic carbocycles. The van der Waals surface area contributed by atoms with Crippen molar-refractivity contribution in [2.75, 3.05) is 6.54 Å². The lowest BCUT2D eigenvalue weighted by Crippen LogP contribution is -2.40. The van der Waals surface area contributed by atoms with Gasteiger partial charge in [0.25, 0.3) is 0 Å². The lowest BCUT2D eigenvalue weighted by atomic mass is 10.1. The minimum Gasteiger partial charge on any atom is -0.370 e. The van der Waals surface area contributed by atoms with Crippen LogP contribution < -0.4 is 5.73 Å². The summed E-state index contributed by atoms with van der Waals surface area (Å²) in [6, 6.07) is 5.42. The lowest BCUT2D eigenvalue weighted by molar-refractivity contribution is 0.290. The Balaban J connectivity index is 2.31. The van der Waals surface area contributed by atoms with E-state index in [1.807, 2.05) is 0 Å². The molecule has 2 N–H and O–H groups in total. The van der Waals surface area contributed by atoms with Crippen LogP contribution in [0.2, 0.25) is 0 Å². The fourth-order valence-electron chi connectivity index (χ4n) is 2.12. The van der Waals surface area contributed by atoms with Gasteiger partial charge in [0.2, 0.25) is 0 Å². The summed E-state index contributed by atoms with van der Waals surface area (Å²) >= 11 is 3.20. The van der Waals surface area contributed by atoms with Crippen molar-refractivity contribution in [3.8, 4) is 0 Å². The average Bonchev–Trinajstić information content (AvgIpc) is 2.64. The maximum absolute atomic E-state index is 13.2. The molecule has 0 aromatic heterocycles. The van der Waals surface area contributed by atoms with Gasteiger partial charge < -0.3 is 10.6 Å². The highest BCUT2D eigenvalue weighted by Gasteiger charge is 2.29. The highest BCUT2D eigenvalue weighted by molar-refractivity contribution is 9.10. The minimum atomic E-state index is -0.253. The molecule has 1 aromatic rings. The van der Waals surface area contributed by atoms with Gasteiger partial charge in [-0.25, -0.2) is 4.39 Å². The van der Waals surface area contributed by atoms with Crippen LogP contribution in [0.25, 0.3) is 0 Å². The van der Waals surface area contributed by atoms with E-state index in [1.165, 1.54) is 6.07 Å². The number of nitrogens with zero attached hydrogens (tertiary/aromatic N) is 2. The topological polar surface area (TPSA) is 41.6 Å². The zero-order chi connectivity index (χ0) is 12.6. The van der Waals surface area contributed by atoms with Crippen molar-refractivity contribution in [3.05, 3.63) is 34.1 Å². The summed E-state index contributed by atoms with van der Waals surface area (Å²) in [4.78, 5) is 6.32. The van der Waals surface area contributed by atoms with Crippen molar-refractivity contribution in [2.45, 2.75) is 25.9 Å². The Morgan fingerprint density at radius 1 is 1.53 bits per heavy atom. The average molecular weight is 300 g/mol. The quantitative estimate of drug-likeness (QED) is 0.912. The minimum absolute atomic E-state index is 0.104. The Morgan fingerprint density at radius 2 is 2.24 bits per heavy atom. The SMILES string of the molecule is CC(C)N1C(N)=NCC1c1ccc(F)c(Br)c1. The second-order valence-electron chi connectivity index (χ2n) is 4.39. The van der Waals surface area contributed by atoms with E-state index in [2.05, 4.69) is 39.7 Å². The molecule has 2 rings (SSSR count). The third-order valence-electron chi connectivity index (χ3n) is 2.91. The number of halogens is 2. The zero-order valence-electron chi connectivity index (χ0n) is 9.82. The number of benzene rings is 1. The summed E-state index contributed by atoms with van der Waals surface area (Å²) in [5, 5.41) is 0. The van der Waals surface area contributed by atoms with Gasteiger partial charge in [0.1, 0.15) is 5.82 Å². The maximum atomic E-state index is 13.2. The van der Waals surface area contributed by atoms with Crippen LogP contribution in [0.4, 0.5) is 4.39 Å². The first-order chi connectivity index (χ1) is 8.00. The normalized spacial score (nSPS) is 19.9. The molecule has 1 heterocycles. The Hall–Kier alpha value is -1.10. The van der Waals surface area contributed by atoms with E-state index in [9.17, 15) is 4.39 Å². The van der Waals surface area contributed by atoms with E-state index < -0.39 is 0 Å². The van der Waals surface area contributed by atoms with Crippen molar-refractivity contribution in [1.82, 2.24) is 4.90 Å². The first-order valence-electron chi connectivity index (χ1n) is 5.54. The monoisotopic (exact) mass is 299 g/mol. The van der Waals surface area contributed by atoms with Gasteiger partial charge in [0, 0.05) is 6.04 Å². The molecule has 0 saturated carbocycles. The van der Waals surface area contributed by atoms with Crippen molar-refractivity contribution in [2.24, 2.45) is 10.7 Å². The third-order valence-corrected chi connectivity index (χ3v) is 3.52. The summed E-state index contributed by atoms with van der Waals surface area (Å²) in [7, 11) is 0. The van der Waals surface area contributed by atoms with E-state index in [0.29, 0.717) is 17.0 Å². The van der Waals surface area contributed by atoms with Crippen LogP contribution >= 0.6 is 15.9 Å². The number of hydrogen-bond donors (Lipinski definition) is 1. The molecule has 1 aliphatic heterocycles. The molecule has 1 unspecified atom stereocenters. The summed E-state index contributed by atoms with van der Waals surface area (Å²) in [6.45, 7) is 4.76. The maximum Gasteiger partial charge on any atom is 0.192 e. The molecule has 92 valence electrons. The summed E-state index contributed by atoms with van der Waals surface area (Å²) in [5.41, 5.74) is 6.89. The predicted octanol–water partition coefficient (Wildman–Crippen LogP) is 2.67. The predicted molar refractivity (Wildman–Crippen MR) is 70.3 cm³/mol. The molecule has 17 heavy (non-hydrogen) atoms. The van der Waals surface area contributed by atoms with Gasteiger partial charge in [-0.1, -0.05) is 6.07 Å². The first-order valence-corrected chi connectivity index (χ1v) is 6.33. The molecule has 5 heteroatoms. The van der Waals surface area contributed by atoms with Crippen LogP contribution in [0.15, 0.2) is 27.7 Å². The molecule has 0 fully saturated rings. The van der Waals surface area contributed by atoms with Crippen LogP contribution in [0.1, 0.15) is 25.5 Å². The van der Waals surface area contributed by atoms with Gasteiger partial charge >= 0.3 is 0 Å². The second kappa shape index (κ2) is 4.64. The number of guanidine groups is 1. The second-order valence-corrected chi connectivity index (χ2v) is 5.24. The molecule has 1 aliphatic rings. The zero-order valence-corrected chi connectivity index (χ0v) is 11.4. The van der Waals surface area contributed by atoms with E-state index in [-0.39, 0.29) is 17.9 Å². The van der Waals surface area contributed by atoms with Crippen molar-refractivity contribution < 1.29 is 4.39 Å². The molecule has 0 saturated heterocycles. The Bertz CT molecular complexity index is 459. The summed E-state index contributed by atoms with van der Waals surface area (Å²) in [5.74, 6) is 0.308. The van der Waals surface area contributed by atoms with Crippen LogP contribution in [0.3, 0.4) is 0 Å². The van der Waals surface area contributed by atoms with Crippen molar-refractivity contribution in [1.29, 1.82) is 0 Å².